The van der Waals surface area contributed by atoms with Gasteiger partial charge in [0.15, 0.2) is 0 Å². The number of nitrogens with one attached hydrogen (secondary N) is 1. The van der Waals surface area contributed by atoms with Crippen molar-refractivity contribution in [2.24, 2.45) is 0 Å². The van der Waals surface area contributed by atoms with Crippen molar-refractivity contribution >= 4 is 16.7 Å². The van der Waals surface area contributed by atoms with Crippen molar-refractivity contribution in [3.63, 3.8) is 0 Å². The molecule has 4 aromatic rings. The number of H-pyrrole nitrogens is 1. The van der Waals surface area contributed by atoms with E-state index in [1.165, 1.54) is 16.8 Å². The number of fused-ring (bicyclic) bond motifs is 2. The van der Waals surface area contributed by atoms with Gasteiger partial charge in [0.25, 0.3) is 0 Å². The summed E-state index contributed by atoms with van der Waals surface area (Å²) in [6.45, 7) is 10.1. The third-order valence-electron chi connectivity index (χ3n) is 3.71. The molecular weight excluding hydrogens is 296 g/mol. The molecule has 0 atom stereocenters. The molecule has 24 heavy (non-hydrogen) atoms. The Hall–Kier alpha value is -2.62. The highest BCUT2D eigenvalue weighted by molar-refractivity contribution is 5.93. The summed E-state index contributed by atoms with van der Waals surface area (Å²) in [5.41, 5.74) is 5.47. The monoisotopic (exact) mass is 322 g/mol. The van der Waals surface area contributed by atoms with Gasteiger partial charge < -0.3 is 9.38 Å². The van der Waals surface area contributed by atoms with Gasteiger partial charge >= 0.3 is 0 Å². The highest BCUT2D eigenvalue weighted by atomic mass is 15.0. The average molecular weight is 322 g/mol. The van der Waals surface area contributed by atoms with Crippen molar-refractivity contribution in [1.82, 2.24) is 19.4 Å². The minimum Gasteiger partial charge on any atom is -0.346 e. The lowest BCUT2D eigenvalue weighted by atomic mass is 10.1. The van der Waals surface area contributed by atoms with Gasteiger partial charge in [0, 0.05) is 47.0 Å². The predicted molar refractivity (Wildman–Crippen MR) is 102 cm³/mol. The third-order valence-corrected chi connectivity index (χ3v) is 3.71. The molecule has 0 bridgehead atoms. The fourth-order valence-corrected chi connectivity index (χ4v) is 2.65. The molecule has 0 spiro atoms. The Morgan fingerprint density at radius 3 is 2.58 bits per heavy atom. The van der Waals surface area contributed by atoms with Crippen molar-refractivity contribution in [1.29, 1.82) is 0 Å². The summed E-state index contributed by atoms with van der Waals surface area (Å²) in [6, 6.07) is 8.22. The maximum absolute atomic E-state index is 4.42. The third kappa shape index (κ3) is 3.18. The van der Waals surface area contributed by atoms with Crippen molar-refractivity contribution in [3.05, 3.63) is 54.7 Å². The van der Waals surface area contributed by atoms with Gasteiger partial charge in [-0.2, -0.15) is 0 Å². The molecule has 0 aliphatic rings. The molecule has 0 aromatic carbocycles. The van der Waals surface area contributed by atoms with E-state index in [2.05, 4.69) is 50.7 Å². The van der Waals surface area contributed by atoms with Crippen molar-refractivity contribution in [2.75, 3.05) is 0 Å². The number of hydrogen-bond acceptors (Lipinski definition) is 2. The maximum Gasteiger partial charge on any atom is 0.137 e. The standard InChI is InChI=1S/C16H14N4.2C2H6/c1-2-12-8-18-15-6-5-11(10-20(12)15)14-9-19-16-13(14)4-3-7-17-16;2*1-2/h3-10H,2H2,1H3,(H,17,19);2*1-2H3. The lowest BCUT2D eigenvalue weighted by Crippen LogP contribution is -1.91. The molecule has 0 unspecified atom stereocenters. The van der Waals surface area contributed by atoms with Gasteiger partial charge in [0.1, 0.15) is 11.3 Å². The normalized spacial score (nSPS) is 10.0. The molecule has 1 N–H and O–H groups in total. The van der Waals surface area contributed by atoms with Crippen LogP contribution in [-0.4, -0.2) is 19.4 Å². The number of imidazole rings is 1. The van der Waals surface area contributed by atoms with Gasteiger partial charge in [-0.05, 0) is 30.7 Å². The first-order valence-corrected chi connectivity index (χ1v) is 8.75. The van der Waals surface area contributed by atoms with E-state index in [1.54, 1.807) is 6.20 Å². The minimum absolute atomic E-state index is 0.920. The second kappa shape index (κ2) is 8.29. The minimum atomic E-state index is 0.920. The number of hydrogen-bond donors (Lipinski definition) is 1. The first-order valence-electron chi connectivity index (χ1n) is 8.75. The zero-order valence-electron chi connectivity index (χ0n) is 15.2. The molecule has 126 valence electrons. The van der Waals surface area contributed by atoms with Crippen LogP contribution in [0.15, 0.2) is 49.1 Å². The summed E-state index contributed by atoms with van der Waals surface area (Å²) in [4.78, 5) is 12.0. The summed E-state index contributed by atoms with van der Waals surface area (Å²) in [5, 5.41) is 1.14. The van der Waals surface area contributed by atoms with Gasteiger partial charge in [-0.25, -0.2) is 9.97 Å². The van der Waals surface area contributed by atoms with E-state index in [1.807, 2.05) is 46.2 Å². The van der Waals surface area contributed by atoms with Crippen molar-refractivity contribution < 1.29 is 0 Å². The first kappa shape index (κ1) is 17.7. The summed E-state index contributed by atoms with van der Waals surface area (Å²) >= 11 is 0. The Bertz CT molecular complexity index is 902. The average Bonchev–Trinajstić information content (AvgIpc) is 3.28. The number of pyridine rings is 2. The quantitative estimate of drug-likeness (QED) is 0.530. The SMILES string of the molecule is CC.CC.CCc1cnc2ccc(-c3c[nH]c4ncccc34)cn12. The Labute approximate surface area is 143 Å². The molecule has 0 saturated carbocycles. The van der Waals surface area contributed by atoms with Crippen LogP contribution in [0.4, 0.5) is 0 Å². The van der Waals surface area contributed by atoms with E-state index in [-0.39, 0.29) is 0 Å². The van der Waals surface area contributed by atoms with Gasteiger partial charge in [0.2, 0.25) is 0 Å². The van der Waals surface area contributed by atoms with Crippen LogP contribution in [-0.2, 0) is 6.42 Å². The molecular formula is C20H26N4. The summed E-state index contributed by atoms with van der Waals surface area (Å²) < 4.78 is 2.16. The van der Waals surface area contributed by atoms with Gasteiger partial charge in [-0.1, -0.05) is 34.6 Å². The Morgan fingerprint density at radius 1 is 1.04 bits per heavy atom. The van der Waals surface area contributed by atoms with E-state index in [0.717, 1.165) is 23.1 Å². The number of nitrogens with zero attached hydrogens (tertiary/aromatic N) is 3. The second-order valence-electron chi connectivity index (χ2n) is 4.85. The highest BCUT2D eigenvalue weighted by Gasteiger charge is 2.08. The number of aromatic amines is 1. The largest absolute Gasteiger partial charge is 0.346 e. The second-order valence-corrected chi connectivity index (χ2v) is 4.85. The Morgan fingerprint density at radius 2 is 1.83 bits per heavy atom. The predicted octanol–water partition coefficient (Wildman–Crippen LogP) is 5.49. The van der Waals surface area contributed by atoms with E-state index in [4.69, 9.17) is 0 Å². The van der Waals surface area contributed by atoms with Crippen LogP contribution in [0, 0.1) is 0 Å². The summed E-state index contributed by atoms with van der Waals surface area (Å²) in [5.74, 6) is 0. The molecule has 4 nitrogen and oxygen atoms in total. The molecule has 4 heteroatoms. The fourth-order valence-electron chi connectivity index (χ4n) is 2.65. The number of aryl methyl sites for hydroxylation is 1. The Kier molecular flexibility index (Phi) is 6.13. The van der Waals surface area contributed by atoms with Crippen molar-refractivity contribution in [3.8, 4) is 11.1 Å². The van der Waals surface area contributed by atoms with E-state index < -0.39 is 0 Å². The Balaban J connectivity index is 0.000000487. The lowest BCUT2D eigenvalue weighted by Gasteiger charge is -2.03. The molecule has 0 fully saturated rings. The van der Waals surface area contributed by atoms with E-state index in [0.29, 0.717) is 0 Å². The smallest absolute Gasteiger partial charge is 0.137 e. The summed E-state index contributed by atoms with van der Waals surface area (Å²) in [7, 11) is 0. The van der Waals surface area contributed by atoms with E-state index >= 15 is 0 Å². The van der Waals surface area contributed by atoms with Crippen LogP contribution in [0.5, 0.6) is 0 Å². The van der Waals surface area contributed by atoms with Crippen LogP contribution in [0.2, 0.25) is 0 Å². The van der Waals surface area contributed by atoms with Crippen molar-refractivity contribution in [2.45, 2.75) is 41.0 Å². The summed E-state index contributed by atoms with van der Waals surface area (Å²) in [6.07, 6.45) is 8.88. The number of aromatic nitrogens is 4. The van der Waals surface area contributed by atoms with Gasteiger partial charge in [-0.15, -0.1) is 0 Å². The zero-order chi connectivity index (χ0) is 17.5. The van der Waals surface area contributed by atoms with Crippen LogP contribution >= 0.6 is 0 Å². The maximum atomic E-state index is 4.42. The molecule has 0 radical (unpaired) electrons. The zero-order valence-corrected chi connectivity index (χ0v) is 15.2. The van der Waals surface area contributed by atoms with Crippen LogP contribution in [0.3, 0.4) is 0 Å². The lowest BCUT2D eigenvalue weighted by molar-refractivity contribution is 0.996. The molecule has 0 saturated heterocycles. The van der Waals surface area contributed by atoms with Crippen LogP contribution in [0.1, 0.15) is 40.3 Å². The van der Waals surface area contributed by atoms with Gasteiger partial charge in [0.05, 0.1) is 0 Å². The molecule has 4 aromatic heterocycles. The van der Waals surface area contributed by atoms with E-state index in [9.17, 15) is 0 Å². The van der Waals surface area contributed by atoms with Crippen LogP contribution in [0.25, 0.3) is 27.8 Å². The van der Waals surface area contributed by atoms with Crippen LogP contribution < -0.4 is 0 Å². The van der Waals surface area contributed by atoms with Gasteiger partial charge in [-0.3, -0.25) is 0 Å². The molecule has 0 aliphatic carbocycles. The molecule has 0 amide bonds. The highest BCUT2D eigenvalue weighted by Crippen LogP contribution is 2.27. The number of rotatable bonds is 2. The molecule has 4 rings (SSSR count). The first-order chi connectivity index (χ1) is 11.9. The fraction of sp³-hybridized carbons (Fsp3) is 0.300. The molecule has 4 heterocycles. The topological polar surface area (TPSA) is 46.0 Å². The molecule has 0 aliphatic heterocycles.